The molecule has 0 saturated carbocycles. The minimum Gasteiger partial charge on any atom is -0.369 e. The molecule has 0 spiro atoms. The molecule has 3 N–H and O–H groups in total. The van der Waals surface area contributed by atoms with Crippen LogP contribution in [0, 0.1) is 11.7 Å². The Morgan fingerprint density at radius 1 is 1.12 bits per heavy atom. The Kier molecular flexibility index (Phi) is 6.32. The Balaban J connectivity index is 1.91. The van der Waals surface area contributed by atoms with Crippen LogP contribution < -0.4 is 11.1 Å². The molecule has 4 nitrogen and oxygen atoms in total. The average Bonchev–Trinajstić information content (AvgIpc) is 2.55. The number of benzene rings is 2. The zero-order chi connectivity index (χ0) is 17.5. The molecule has 0 unspecified atom stereocenters. The minimum absolute atomic E-state index is 0.109. The molecule has 0 bridgehead atoms. The molecular weight excluding hydrogens is 331 g/mol. The monoisotopic (exact) mass is 348 g/mol. The summed E-state index contributed by atoms with van der Waals surface area (Å²) in [5.41, 5.74) is 6.91. The Morgan fingerprint density at radius 3 is 2.42 bits per heavy atom. The maximum atomic E-state index is 12.8. The minimum atomic E-state index is -0.554. The highest BCUT2D eigenvalue weighted by Crippen LogP contribution is 2.18. The van der Waals surface area contributed by atoms with Crippen molar-refractivity contribution < 1.29 is 14.0 Å². The molecule has 0 aliphatic carbocycles. The Bertz CT molecular complexity index is 719. The first kappa shape index (κ1) is 17.9. The topological polar surface area (TPSA) is 72.2 Å². The molecule has 24 heavy (non-hydrogen) atoms. The first-order valence-electron chi connectivity index (χ1n) is 7.49. The van der Waals surface area contributed by atoms with Crippen LogP contribution in [0.1, 0.15) is 11.1 Å². The van der Waals surface area contributed by atoms with Crippen LogP contribution in [0.2, 0.25) is 5.02 Å². The predicted molar refractivity (Wildman–Crippen MR) is 91.0 cm³/mol. The number of carbonyl (C=O) groups is 2. The zero-order valence-electron chi connectivity index (χ0n) is 13.0. The van der Waals surface area contributed by atoms with Gasteiger partial charge in [-0.15, -0.1) is 0 Å². The number of carbonyl (C=O) groups excluding carboxylic acids is 2. The van der Waals surface area contributed by atoms with Gasteiger partial charge in [-0.05, 0) is 35.7 Å². The summed E-state index contributed by atoms with van der Waals surface area (Å²) in [7, 11) is 0. The summed E-state index contributed by atoms with van der Waals surface area (Å²) < 4.78 is 12.8. The molecule has 0 aliphatic heterocycles. The lowest BCUT2D eigenvalue weighted by molar-refractivity contribution is -0.123. The predicted octanol–water partition coefficient (Wildman–Crippen LogP) is 2.48. The van der Waals surface area contributed by atoms with Crippen LogP contribution in [-0.2, 0) is 22.4 Å². The third-order valence-electron chi connectivity index (χ3n) is 3.65. The van der Waals surface area contributed by atoms with E-state index in [1.54, 1.807) is 24.3 Å². The molecule has 0 fully saturated rings. The third kappa shape index (κ3) is 5.35. The fourth-order valence-electron chi connectivity index (χ4n) is 2.29. The largest absolute Gasteiger partial charge is 0.369 e. The molecule has 2 rings (SSSR count). The first-order valence-corrected chi connectivity index (χ1v) is 7.87. The lowest BCUT2D eigenvalue weighted by Gasteiger charge is -2.15. The van der Waals surface area contributed by atoms with Crippen molar-refractivity contribution >= 4 is 23.4 Å². The van der Waals surface area contributed by atoms with Gasteiger partial charge in [-0.3, -0.25) is 9.59 Å². The summed E-state index contributed by atoms with van der Waals surface area (Å²) in [6.45, 7) is 0.126. The van der Waals surface area contributed by atoms with Crippen molar-refractivity contribution in [2.24, 2.45) is 11.7 Å². The summed E-state index contributed by atoms with van der Waals surface area (Å²) in [5, 5.41) is 3.25. The van der Waals surface area contributed by atoms with Gasteiger partial charge in [0.1, 0.15) is 5.82 Å². The fraction of sp³-hybridized carbons (Fsp3) is 0.222. The molecule has 6 heteroatoms. The van der Waals surface area contributed by atoms with E-state index in [9.17, 15) is 14.0 Å². The van der Waals surface area contributed by atoms with Gasteiger partial charge >= 0.3 is 0 Å². The van der Waals surface area contributed by atoms with Gasteiger partial charge in [0.2, 0.25) is 11.8 Å². The summed E-state index contributed by atoms with van der Waals surface area (Å²) in [5.74, 6) is -1.67. The van der Waals surface area contributed by atoms with E-state index in [2.05, 4.69) is 5.32 Å². The van der Waals surface area contributed by atoms with Gasteiger partial charge in [0.25, 0.3) is 0 Å². The van der Waals surface area contributed by atoms with E-state index in [0.717, 1.165) is 5.56 Å². The van der Waals surface area contributed by atoms with E-state index in [1.165, 1.54) is 12.1 Å². The summed E-state index contributed by atoms with van der Waals surface area (Å²) in [6.07, 6.45) is 0.462. The van der Waals surface area contributed by atoms with Crippen molar-refractivity contribution in [2.45, 2.75) is 12.8 Å². The number of rotatable bonds is 7. The molecular formula is C18H18ClFN2O2. The van der Waals surface area contributed by atoms with Gasteiger partial charge < -0.3 is 11.1 Å². The number of hydrogen-bond donors (Lipinski definition) is 2. The SMILES string of the molecule is NC(=O)[C@H](CNC(=O)Cc1ccc(F)cc1)Cc1ccccc1Cl. The quantitative estimate of drug-likeness (QED) is 0.806. The molecule has 1 atom stereocenters. The van der Waals surface area contributed by atoms with Crippen molar-refractivity contribution in [3.8, 4) is 0 Å². The number of halogens is 2. The first-order chi connectivity index (χ1) is 11.5. The highest BCUT2D eigenvalue weighted by atomic mass is 35.5. The van der Waals surface area contributed by atoms with Gasteiger partial charge in [-0.1, -0.05) is 41.9 Å². The fourth-order valence-corrected chi connectivity index (χ4v) is 2.50. The maximum Gasteiger partial charge on any atom is 0.224 e. The van der Waals surface area contributed by atoms with E-state index in [1.807, 2.05) is 12.1 Å². The van der Waals surface area contributed by atoms with Crippen LogP contribution in [0.25, 0.3) is 0 Å². The zero-order valence-corrected chi connectivity index (χ0v) is 13.7. The molecule has 0 radical (unpaired) electrons. The molecule has 0 heterocycles. The Morgan fingerprint density at radius 2 is 1.79 bits per heavy atom. The average molecular weight is 349 g/mol. The van der Waals surface area contributed by atoms with Crippen LogP contribution >= 0.6 is 11.6 Å². The molecule has 2 aromatic rings. The summed E-state index contributed by atoms with van der Waals surface area (Å²) in [4.78, 5) is 23.6. The normalized spacial score (nSPS) is 11.8. The van der Waals surface area contributed by atoms with Crippen LogP contribution in [0.4, 0.5) is 4.39 Å². The van der Waals surface area contributed by atoms with E-state index in [-0.39, 0.29) is 24.7 Å². The third-order valence-corrected chi connectivity index (χ3v) is 4.02. The van der Waals surface area contributed by atoms with E-state index < -0.39 is 11.8 Å². The van der Waals surface area contributed by atoms with E-state index in [0.29, 0.717) is 17.0 Å². The Labute approximate surface area is 144 Å². The highest BCUT2D eigenvalue weighted by molar-refractivity contribution is 6.31. The summed E-state index contributed by atoms with van der Waals surface area (Å²) >= 11 is 6.09. The van der Waals surface area contributed by atoms with Crippen molar-refractivity contribution in [2.75, 3.05) is 6.54 Å². The molecule has 0 aliphatic rings. The van der Waals surface area contributed by atoms with Crippen molar-refractivity contribution in [3.05, 3.63) is 70.5 Å². The number of nitrogens with two attached hydrogens (primary N) is 1. The second kappa shape index (κ2) is 8.45. The van der Waals surface area contributed by atoms with Gasteiger partial charge in [0.05, 0.1) is 12.3 Å². The van der Waals surface area contributed by atoms with Crippen LogP contribution in [0.3, 0.4) is 0 Å². The molecule has 2 amide bonds. The smallest absolute Gasteiger partial charge is 0.224 e. The van der Waals surface area contributed by atoms with Gasteiger partial charge in [-0.25, -0.2) is 4.39 Å². The van der Waals surface area contributed by atoms with Crippen molar-refractivity contribution in [3.63, 3.8) is 0 Å². The molecule has 126 valence electrons. The van der Waals surface area contributed by atoms with Crippen LogP contribution in [-0.4, -0.2) is 18.4 Å². The highest BCUT2D eigenvalue weighted by Gasteiger charge is 2.18. The number of hydrogen-bond acceptors (Lipinski definition) is 2. The lowest BCUT2D eigenvalue weighted by Crippen LogP contribution is -2.37. The second-order valence-electron chi connectivity index (χ2n) is 5.50. The molecule has 0 saturated heterocycles. The van der Waals surface area contributed by atoms with Gasteiger partial charge in [-0.2, -0.15) is 0 Å². The van der Waals surface area contributed by atoms with E-state index in [4.69, 9.17) is 17.3 Å². The molecule has 0 aromatic heterocycles. The van der Waals surface area contributed by atoms with Crippen molar-refractivity contribution in [1.82, 2.24) is 5.32 Å². The number of nitrogens with one attached hydrogen (secondary N) is 1. The number of primary amides is 1. The second-order valence-corrected chi connectivity index (χ2v) is 5.91. The maximum absolute atomic E-state index is 12.8. The van der Waals surface area contributed by atoms with Gasteiger partial charge in [0.15, 0.2) is 0 Å². The Hall–Kier alpha value is -2.40. The molecule has 2 aromatic carbocycles. The standard InChI is InChI=1S/C18H18ClFN2O2/c19-16-4-2-1-3-13(16)10-14(18(21)24)11-22-17(23)9-12-5-7-15(20)8-6-12/h1-8,14H,9-11H2,(H2,21,24)(H,22,23)/t14-/m0/s1. The lowest BCUT2D eigenvalue weighted by atomic mass is 9.98. The van der Waals surface area contributed by atoms with Crippen LogP contribution in [0.15, 0.2) is 48.5 Å². The van der Waals surface area contributed by atoms with E-state index >= 15 is 0 Å². The number of amides is 2. The van der Waals surface area contributed by atoms with Crippen molar-refractivity contribution in [1.29, 1.82) is 0 Å². The summed E-state index contributed by atoms with van der Waals surface area (Å²) in [6, 6.07) is 12.9. The van der Waals surface area contributed by atoms with Crippen LogP contribution in [0.5, 0.6) is 0 Å². The van der Waals surface area contributed by atoms with Gasteiger partial charge in [0, 0.05) is 11.6 Å².